The molecule has 0 spiro atoms. The van der Waals surface area contributed by atoms with E-state index in [1.54, 1.807) is 0 Å². The average molecular weight is 306 g/mol. The molecule has 3 aromatic rings. The first-order chi connectivity index (χ1) is 10.8. The molecule has 0 unspecified atom stereocenters. The van der Waals surface area contributed by atoms with Crippen molar-refractivity contribution < 1.29 is 0 Å². The van der Waals surface area contributed by atoms with E-state index in [4.69, 9.17) is 17.2 Å². The summed E-state index contributed by atoms with van der Waals surface area (Å²) in [5, 5.41) is 0. The van der Waals surface area contributed by atoms with Gasteiger partial charge in [-0.3, -0.25) is 0 Å². The molecule has 2 aromatic carbocycles. The van der Waals surface area contributed by atoms with E-state index in [2.05, 4.69) is 42.0 Å². The maximum absolute atomic E-state index is 5.54. The minimum atomic E-state index is 0.650. The fraction of sp³-hybridized carbons (Fsp3) is 0.158. The Hall–Kier alpha value is -2.26. The van der Waals surface area contributed by atoms with E-state index in [0.29, 0.717) is 4.64 Å². The minimum Gasteiger partial charge on any atom is -0.332 e. The molecule has 0 bridgehead atoms. The predicted octanol–water partition coefficient (Wildman–Crippen LogP) is 5.36. The number of nitrogens with zero attached hydrogens (tertiary/aromatic N) is 2. The van der Waals surface area contributed by atoms with Crippen LogP contribution >= 0.6 is 12.2 Å². The zero-order valence-corrected chi connectivity index (χ0v) is 13.4. The summed E-state index contributed by atoms with van der Waals surface area (Å²) < 4.78 is 2.85. The lowest BCUT2D eigenvalue weighted by Gasteiger charge is -2.14. The first-order valence-electron chi connectivity index (χ1n) is 7.52. The number of rotatable bonds is 4. The lowest BCUT2D eigenvalue weighted by Crippen LogP contribution is -2.06. The van der Waals surface area contributed by atoms with Crippen LogP contribution in [0.25, 0.3) is 22.5 Å². The lowest BCUT2D eigenvalue weighted by atomic mass is 10.1. The zero-order valence-electron chi connectivity index (χ0n) is 12.6. The molecule has 0 fully saturated rings. The van der Waals surface area contributed by atoms with Crippen molar-refractivity contribution in [2.24, 2.45) is 0 Å². The van der Waals surface area contributed by atoms with Crippen molar-refractivity contribution in [3.8, 4) is 22.5 Å². The van der Waals surface area contributed by atoms with Gasteiger partial charge in [0.05, 0.1) is 0 Å². The Labute approximate surface area is 136 Å². The molecule has 3 heteroatoms. The molecular weight excluding hydrogens is 288 g/mol. The van der Waals surface area contributed by atoms with Crippen LogP contribution in [0.2, 0.25) is 0 Å². The summed E-state index contributed by atoms with van der Waals surface area (Å²) in [6.07, 6.45) is 3.19. The summed E-state index contributed by atoms with van der Waals surface area (Å²) in [5.74, 6) is 0.937. The molecular formula is C19H18N2S. The molecule has 0 aliphatic heterocycles. The fourth-order valence-electron chi connectivity index (χ4n) is 2.54. The van der Waals surface area contributed by atoms with Gasteiger partial charge in [0.2, 0.25) is 0 Å². The molecule has 0 saturated heterocycles. The number of benzene rings is 2. The molecule has 1 heterocycles. The van der Waals surface area contributed by atoms with Crippen LogP contribution in [0.15, 0.2) is 66.9 Å². The standard InChI is InChI=1S/C19H18N2S/c1-2-13-21-14-17(15-9-5-3-6-10-15)19(22)20-18(21)16-11-7-4-8-12-16/h3-12,14H,2,13H2,1H3. The summed E-state index contributed by atoms with van der Waals surface area (Å²) in [6.45, 7) is 3.10. The molecule has 0 aliphatic rings. The Morgan fingerprint density at radius 3 is 2.09 bits per heavy atom. The highest BCUT2D eigenvalue weighted by Gasteiger charge is 2.09. The third-order valence-corrected chi connectivity index (χ3v) is 3.89. The van der Waals surface area contributed by atoms with Crippen LogP contribution in [0.3, 0.4) is 0 Å². The van der Waals surface area contributed by atoms with Crippen molar-refractivity contribution in [2.75, 3.05) is 0 Å². The summed E-state index contributed by atoms with van der Waals surface area (Å²) in [6, 6.07) is 20.4. The normalized spacial score (nSPS) is 10.6. The number of hydrogen-bond donors (Lipinski definition) is 0. The van der Waals surface area contributed by atoms with E-state index in [1.165, 1.54) is 0 Å². The summed E-state index contributed by atoms with van der Waals surface area (Å²) in [4.78, 5) is 4.72. The smallest absolute Gasteiger partial charge is 0.141 e. The van der Waals surface area contributed by atoms with Gasteiger partial charge in [-0.15, -0.1) is 0 Å². The number of aromatic nitrogens is 2. The van der Waals surface area contributed by atoms with E-state index >= 15 is 0 Å². The van der Waals surface area contributed by atoms with Gasteiger partial charge >= 0.3 is 0 Å². The van der Waals surface area contributed by atoms with Crippen LogP contribution < -0.4 is 0 Å². The van der Waals surface area contributed by atoms with Crippen LogP contribution in [0.4, 0.5) is 0 Å². The van der Waals surface area contributed by atoms with Gasteiger partial charge in [0, 0.05) is 23.9 Å². The largest absolute Gasteiger partial charge is 0.332 e. The molecule has 1 aromatic heterocycles. The average Bonchev–Trinajstić information content (AvgIpc) is 2.58. The van der Waals surface area contributed by atoms with Crippen molar-refractivity contribution in [1.29, 1.82) is 0 Å². The third kappa shape index (κ3) is 3.00. The van der Waals surface area contributed by atoms with Crippen LogP contribution in [0.5, 0.6) is 0 Å². The van der Waals surface area contributed by atoms with E-state index in [1.807, 2.05) is 36.4 Å². The van der Waals surface area contributed by atoms with Crippen molar-refractivity contribution in [3.05, 3.63) is 71.5 Å². The van der Waals surface area contributed by atoms with E-state index in [9.17, 15) is 0 Å². The predicted molar refractivity (Wildman–Crippen MR) is 94.2 cm³/mol. The molecule has 2 nitrogen and oxygen atoms in total. The zero-order chi connectivity index (χ0) is 15.4. The molecule has 0 atom stereocenters. The number of aryl methyl sites for hydroxylation is 1. The quantitative estimate of drug-likeness (QED) is 0.604. The summed E-state index contributed by atoms with van der Waals surface area (Å²) in [5.41, 5.74) is 3.23. The van der Waals surface area contributed by atoms with Crippen molar-refractivity contribution >= 4 is 12.2 Å². The monoisotopic (exact) mass is 306 g/mol. The Kier molecular flexibility index (Phi) is 4.45. The molecule has 0 amide bonds. The van der Waals surface area contributed by atoms with Gasteiger partial charge in [0.1, 0.15) is 10.5 Å². The second kappa shape index (κ2) is 6.67. The molecule has 0 aliphatic carbocycles. The Balaban J connectivity index is 2.18. The number of hydrogen-bond acceptors (Lipinski definition) is 2. The van der Waals surface area contributed by atoms with Gasteiger partial charge in [-0.05, 0) is 12.0 Å². The second-order valence-electron chi connectivity index (χ2n) is 5.21. The van der Waals surface area contributed by atoms with Gasteiger partial charge < -0.3 is 4.57 Å². The first kappa shape index (κ1) is 14.7. The van der Waals surface area contributed by atoms with Crippen LogP contribution in [-0.4, -0.2) is 9.55 Å². The molecule has 0 saturated carbocycles. The fourth-order valence-corrected chi connectivity index (χ4v) is 2.79. The minimum absolute atomic E-state index is 0.650. The maximum Gasteiger partial charge on any atom is 0.141 e. The summed E-state index contributed by atoms with van der Waals surface area (Å²) in [7, 11) is 0. The topological polar surface area (TPSA) is 17.8 Å². The lowest BCUT2D eigenvalue weighted by molar-refractivity contribution is 0.669. The molecule has 22 heavy (non-hydrogen) atoms. The maximum atomic E-state index is 5.54. The van der Waals surface area contributed by atoms with Gasteiger partial charge in [-0.2, -0.15) is 0 Å². The van der Waals surface area contributed by atoms with Gasteiger partial charge in [0.25, 0.3) is 0 Å². The van der Waals surface area contributed by atoms with E-state index in [-0.39, 0.29) is 0 Å². The van der Waals surface area contributed by atoms with E-state index < -0.39 is 0 Å². The molecule has 110 valence electrons. The van der Waals surface area contributed by atoms with Crippen LogP contribution in [0, 0.1) is 4.64 Å². The van der Waals surface area contributed by atoms with Crippen molar-refractivity contribution in [1.82, 2.24) is 9.55 Å². The summed E-state index contributed by atoms with van der Waals surface area (Å²) >= 11 is 5.54. The Morgan fingerprint density at radius 1 is 0.909 bits per heavy atom. The van der Waals surface area contributed by atoms with Crippen molar-refractivity contribution in [3.63, 3.8) is 0 Å². The highest BCUT2D eigenvalue weighted by Crippen LogP contribution is 2.24. The second-order valence-corrected chi connectivity index (χ2v) is 5.60. The Morgan fingerprint density at radius 2 is 1.50 bits per heavy atom. The first-order valence-corrected chi connectivity index (χ1v) is 7.92. The Bertz CT molecular complexity index is 808. The van der Waals surface area contributed by atoms with Crippen LogP contribution in [-0.2, 0) is 6.54 Å². The van der Waals surface area contributed by atoms with Crippen molar-refractivity contribution in [2.45, 2.75) is 19.9 Å². The molecule has 3 rings (SSSR count). The third-order valence-electron chi connectivity index (χ3n) is 3.58. The molecule has 0 N–H and O–H groups in total. The van der Waals surface area contributed by atoms with Gasteiger partial charge in [0.15, 0.2) is 0 Å². The van der Waals surface area contributed by atoms with Gasteiger partial charge in [-0.25, -0.2) is 4.98 Å². The van der Waals surface area contributed by atoms with E-state index in [0.717, 1.165) is 35.5 Å². The highest BCUT2D eigenvalue weighted by molar-refractivity contribution is 7.71. The van der Waals surface area contributed by atoms with Crippen LogP contribution in [0.1, 0.15) is 13.3 Å². The highest BCUT2D eigenvalue weighted by atomic mass is 32.1. The van der Waals surface area contributed by atoms with Gasteiger partial charge in [-0.1, -0.05) is 79.8 Å². The SMILES string of the molecule is CCCn1cc(-c2ccccc2)c(=S)nc1-c1ccccc1. The molecule has 0 radical (unpaired) electrons.